The second kappa shape index (κ2) is 10.6. The molecular formula is C25H34N4O2. The summed E-state index contributed by atoms with van der Waals surface area (Å²) in [5, 5.41) is 6.04. The van der Waals surface area contributed by atoms with Crippen molar-refractivity contribution in [2.45, 2.75) is 40.2 Å². The van der Waals surface area contributed by atoms with Crippen LogP contribution in [0.1, 0.15) is 30.5 Å². The lowest BCUT2D eigenvalue weighted by Gasteiger charge is -2.37. The number of benzene rings is 2. The predicted octanol–water partition coefficient (Wildman–Crippen LogP) is 3.45. The Labute approximate surface area is 185 Å². The van der Waals surface area contributed by atoms with Crippen LogP contribution in [0.15, 0.2) is 42.5 Å². The van der Waals surface area contributed by atoms with Crippen molar-refractivity contribution >= 4 is 23.2 Å². The number of hydrogen-bond donors (Lipinski definition) is 2. The first-order chi connectivity index (χ1) is 14.9. The van der Waals surface area contributed by atoms with E-state index >= 15 is 0 Å². The zero-order chi connectivity index (χ0) is 22.4. The van der Waals surface area contributed by atoms with Gasteiger partial charge < -0.3 is 10.6 Å². The first-order valence-corrected chi connectivity index (χ1v) is 11.1. The minimum Gasteiger partial charge on any atom is -0.325 e. The van der Waals surface area contributed by atoms with Crippen LogP contribution in [0.25, 0.3) is 0 Å². The summed E-state index contributed by atoms with van der Waals surface area (Å²) in [5.41, 5.74) is 5.23. The van der Waals surface area contributed by atoms with E-state index < -0.39 is 0 Å². The van der Waals surface area contributed by atoms with Crippen molar-refractivity contribution in [2.24, 2.45) is 0 Å². The number of carbonyl (C=O) groups is 2. The third kappa shape index (κ3) is 6.15. The maximum Gasteiger partial charge on any atom is 0.241 e. The number of rotatable bonds is 7. The van der Waals surface area contributed by atoms with Gasteiger partial charge in [-0.1, -0.05) is 31.2 Å². The summed E-state index contributed by atoms with van der Waals surface area (Å²) in [6, 6.07) is 13.7. The summed E-state index contributed by atoms with van der Waals surface area (Å²) in [6.07, 6.45) is 0.984. The molecule has 0 unspecified atom stereocenters. The number of nitrogens with zero attached hydrogens (tertiary/aromatic N) is 2. The standard InChI is InChI=1S/C25H34N4O2/c1-5-21-9-11-22(12-10-21)26-25(31)20(4)29-15-13-28(14-16-29)17-24(30)27-23-8-6-7-18(2)19(23)3/h6-12,20H,5,13-17H2,1-4H3,(H,26,31)(H,27,30)/t20-/m0/s1. The third-order valence-corrected chi connectivity index (χ3v) is 6.21. The monoisotopic (exact) mass is 422 g/mol. The molecular weight excluding hydrogens is 388 g/mol. The molecule has 2 amide bonds. The molecule has 3 rings (SSSR count). The van der Waals surface area contributed by atoms with Gasteiger partial charge in [0, 0.05) is 37.6 Å². The number of hydrogen-bond acceptors (Lipinski definition) is 4. The quantitative estimate of drug-likeness (QED) is 0.717. The van der Waals surface area contributed by atoms with Crippen LogP contribution in [0.4, 0.5) is 11.4 Å². The average Bonchev–Trinajstić information content (AvgIpc) is 2.77. The first kappa shape index (κ1) is 23.0. The predicted molar refractivity (Wildman–Crippen MR) is 126 cm³/mol. The van der Waals surface area contributed by atoms with Crippen molar-refractivity contribution in [1.82, 2.24) is 9.80 Å². The number of anilines is 2. The highest BCUT2D eigenvalue weighted by Crippen LogP contribution is 2.18. The Kier molecular flexibility index (Phi) is 7.82. The van der Waals surface area contributed by atoms with Gasteiger partial charge in [-0.15, -0.1) is 0 Å². The molecule has 0 bridgehead atoms. The highest BCUT2D eigenvalue weighted by molar-refractivity contribution is 5.94. The molecule has 0 radical (unpaired) electrons. The van der Waals surface area contributed by atoms with Gasteiger partial charge in [0.1, 0.15) is 0 Å². The Bertz CT molecular complexity index is 902. The summed E-state index contributed by atoms with van der Waals surface area (Å²) in [4.78, 5) is 29.5. The maximum absolute atomic E-state index is 12.7. The van der Waals surface area contributed by atoms with Gasteiger partial charge in [0.25, 0.3) is 0 Å². The SMILES string of the molecule is CCc1ccc(NC(=O)[C@H](C)N2CCN(CC(=O)Nc3cccc(C)c3C)CC2)cc1. The largest absolute Gasteiger partial charge is 0.325 e. The second-order valence-corrected chi connectivity index (χ2v) is 8.32. The van der Waals surface area contributed by atoms with E-state index in [4.69, 9.17) is 0 Å². The average molecular weight is 423 g/mol. The minimum absolute atomic E-state index is 0.00321. The van der Waals surface area contributed by atoms with Gasteiger partial charge in [-0.2, -0.15) is 0 Å². The fraction of sp³-hybridized carbons (Fsp3) is 0.440. The third-order valence-electron chi connectivity index (χ3n) is 6.21. The van der Waals surface area contributed by atoms with Crippen molar-refractivity contribution in [3.8, 4) is 0 Å². The van der Waals surface area contributed by atoms with Crippen LogP contribution in [-0.4, -0.2) is 60.4 Å². The topological polar surface area (TPSA) is 64.7 Å². The van der Waals surface area contributed by atoms with E-state index in [-0.39, 0.29) is 17.9 Å². The molecule has 6 heteroatoms. The van der Waals surface area contributed by atoms with Gasteiger partial charge in [-0.05, 0) is 62.1 Å². The van der Waals surface area contributed by atoms with Crippen molar-refractivity contribution in [1.29, 1.82) is 0 Å². The van der Waals surface area contributed by atoms with Gasteiger partial charge >= 0.3 is 0 Å². The zero-order valence-electron chi connectivity index (χ0n) is 19.1. The Morgan fingerprint density at radius 1 is 0.968 bits per heavy atom. The molecule has 31 heavy (non-hydrogen) atoms. The number of amides is 2. The van der Waals surface area contributed by atoms with Crippen molar-refractivity contribution in [2.75, 3.05) is 43.4 Å². The number of aryl methyl sites for hydroxylation is 2. The number of carbonyl (C=O) groups excluding carboxylic acids is 2. The van der Waals surface area contributed by atoms with E-state index in [2.05, 4.69) is 27.4 Å². The number of piperazine rings is 1. The molecule has 0 spiro atoms. The van der Waals surface area contributed by atoms with E-state index in [0.29, 0.717) is 6.54 Å². The number of nitrogens with one attached hydrogen (secondary N) is 2. The molecule has 1 saturated heterocycles. The van der Waals surface area contributed by atoms with E-state index in [9.17, 15) is 9.59 Å². The van der Waals surface area contributed by atoms with Crippen molar-refractivity contribution in [3.63, 3.8) is 0 Å². The van der Waals surface area contributed by atoms with E-state index in [1.54, 1.807) is 0 Å². The minimum atomic E-state index is -0.211. The van der Waals surface area contributed by atoms with Crippen LogP contribution in [0.3, 0.4) is 0 Å². The van der Waals surface area contributed by atoms with Gasteiger partial charge in [0.15, 0.2) is 0 Å². The van der Waals surface area contributed by atoms with Gasteiger partial charge in [0.05, 0.1) is 12.6 Å². The second-order valence-electron chi connectivity index (χ2n) is 8.32. The summed E-state index contributed by atoms with van der Waals surface area (Å²) in [7, 11) is 0. The Morgan fingerprint density at radius 2 is 1.65 bits per heavy atom. The Balaban J connectivity index is 1.45. The molecule has 166 valence electrons. The van der Waals surface area contributed by atoms with Crippen LogP contribution in [0, 0.1) is 13.8 Å². The van der Waals surface area contributed by atoms with Gasteiger partial charge in [0.2, 0.25) is 11.8 Å². The lowest BCUT2D eigenvalue weighted by atomic mass is 10.1. The Morgan fingerprint density at radius 3 is 2.29 bits per heavy atom. The van der Waals surface area contributed by atoms with Crippen LogP contribution >= 0.6 is 0 Å². The molecule has 1 heterocycles. The zero-order valence-corrected chi connectivity index (χ0v) is 19.1. The van der Waals surface area contributed by atoms with Crippen LogP contribution in [0.2, 0.25) is 0 Å². The summed E-state index contributed by atoms with van der Waals surface area (Å²) in [6.45, 7) is 11.6. The highest BCUT2D eigenvalue weighted by atomic mass is 16.2. The molecule has 0 aliphatic carbocycles. The molecule has 2 aromatic rings. The molecule has 0 saturated carbocycles. The molecule has 1 aliphatic rings. The molecule has 2 aromatic carbocycles. The van der Waals surface area contributed by atoms with E-state index in [1.165, 1.54) is 11.1 Å². The molecule has 2 N–H and O–H groups in total. The smallest absolute Gasteiger partial charge is 0.241 e. The normalized spacial score (nSPS) is 16.0. The van der Waals surface area contributed by atoms with Crippen molar-refractivity contribution in [3.05, 3.63) is 59.2 Å². The fourth-order valence-electron chi connectivity index (χ4n) is 3.82. The Hall–Kier alpha value is -2.70. The van der Waals surface area contributed by atoms with Gasteiger partial charge in [-0.25, -0.2) is 0 Å². The molecule has 1 aliphatic heterocycles. The van der Waals surface area contributed by atoms with Crippen LogP contribution < -0.4 is 10.6 Å². The lowest BCUT2D eigenvalue weighted by molar-refractivity contribution is -0.122. The van der Waals surface area contributed by atoms with Crippen molar-refractivity contribution < 1.29 is 9.59 Å². The first-order valence-electron chi connectivity index (χ1n) is 11.1. The van der Waals surface area contributed by atoms with Crippen LogP contribution in [0.5, 0.6) is 0 Å². The highest BCUT2D eigenvalue weighted by Gasteiger charge is 2.26. The lowest BCUT2D eigenvalue weighted by Crippen LogP contribution is -2.53. The summed E-state index contributed by atoms with van der Waals surface area (Å²) >= 11 is 0. The van der Waals surface area contributed by atoms with Crippen LogP contribution in [-0.2, 0) is 16.0 Å². The summed E-state index contributed by atoms with van der Waals surface area (Å²) < 4.78 is 0. The fourth-order valence-corrected chi connectivity index (χ4v) is 3.82. The van der Waals surface area contributed by atoms with E-state index in [1.807, 2.05) is 63.2 Å². The molecule has 6 nitrogen and oxygen atoms in total. The molecule has 0 aromatic heterocycles. The molecule has 1 fully saturated rings. The summed E-state index contributed by atoms with van der Waals surface area (Å²) in [5.74, 6) is 0.00818. The van der Waals surface area contributed by atoms with E-state index in [0.717, 1.165) is 49.5 Å². The maximum atomic E-state index is 12.7. The van der Waals surface area contributed by atoms with Gasteiger partial charge in [-0.3, -0.25) is 19.4 Å². The molecule has 1 atom stereocenters.